The van der Waals surface area contributed by atoms with E-state index in [-0.39, 0.29) is 0 Å². The topological polar surface area (TPSA) is 38.9 Å². The average Bonchev–Trinajstić information content (AvgIpc) is 3.16. The van der Waals surface area contributed by atoms with Crippen LogP contribution < -0.4 is 0 Å². The van der Waals surface area contributed by atoms with E-state index in [0.717, 1.165) is 31.9 Å². The zero-order chi connectivity index (χ0) is 14.2. The Morgan fingerprint density at radius 1 is 1.00 bits per heavy atom. The van der Waals surface area contributed by atoms with Gasteiger partial charge in [0, 0.05) is 15.6 Å². The van der Waals surface area contributed by atoms with Crippen LogP contribution in [0.5, 0.6) is 0 Å². The fraction of sp³-hybridized carbons (Fsp3) is 0. The number of thiazole rings is 1. The van der Waals surface area contributed by atoms with Crippen LogP contribution >= 0.6 is 27.3 Å². The van der Waals surface area contributed by atoms with Crippen LogP contribution in [-0.2, 0) is 0 Å². The van der Waals surface area contributed by atoms with Gasteiger partial charge in [0.25, 0.3) is 0 Å². The minimum atomic E-state index is 0.773. The second-order valence-electron chi connectivity index (χ2n) is 4.57. The highest BCUT2D eigenvalue weighted by Gasteiger charge is 2.08. The van der Waals surface area contributed by atoms with Crippen molar-refractivity contribution in [1.82, 2.24) is 9.97 Å². The molecule has 5 heteroatoms. The summed E-state index contributed by atoms with van der Waals surface area (Å²) in [4.78, 5) is 8.61. The Balaban J connectivity index is 1.74. The van der Waals surface area contributed by atoms with Crippen LogP contribution in [0.15, 0.2) is 63.9 Å². The van der Waals surface area contributed by atoms with Gasteiger partial charge in [0.15, 0.2) is 12.2 Å². The Hall–Kier alpha value is -1.98. The molecule has 0 N–H and O–H groups in total. The van der Waals surface area contributed by atoms with Crippen molar-refractivity contribution in [2.24, 2.45) is 0 Å². The number of rotatable bonds is 2. The molecular formula is C16H9BrN2OS. The second kappa shape index (κ2) is 5.09. The maximum atomic E-state index is 5.30. The Kier molecular flexibility index (Phi) is 3.09. The van der Waals surface area contributed by atoms with Gasteiger partial charge in [-0.15, -0.1) is 11.3 Å². The number of hydrogen-bond acceptors (Lipinski definition) is 4. The highest BCUT2D eigenvalue weighted by molar-refractivity contribution is 9.10. The summed E-state index contributed by atoms with van der Waals surface area (Å²) in [6.07, 6.45) is 3.15. The Labute approximate surface area is 133 Å². The standard InChI is InChI=1S/C16H9BrN2OS/c17-12-5-6-13-15(7-12)21-16(19-13)11-3-1-10(2-4-11)14-8-18-9-20-14/h1-9H. The predicted molar refractivity (Wildman–Crippen MR) is 88.3 cm³/mol. The number of aromatic nitrogens is 2. The zero-order valence-electron chi connectivity index (χ0n) is 10.8. The van der Waals surface area contributed by atoms with Gasteiger partial charge in [-0.05, 0) is 18.2 Å². The summed E-state index contributed by atoms with van der Waals surface area (Å²) in [6.45, 7) is 0. The van der Waals surface area contributed by atoms with E-state index < -0.39 is 0 Å². The largest absolute Gasteiger partial charge is 0.444 e. The van der Waals surface area contributed by atoms with Crippen LogP contribution in [0.3, 0.4) is 0 Å². The van der Waals surface area contributed by atoms with Crippen molar-refractivity contribution in [1.29, 1.82) is 0 Å². The lowest BCUT2D eigenvalue weighted by molar-refractivity contribution is 0.572. The smallest absolute Gasteiger partial charge is 0.181 e. The first kappa shape index (κ1) is 12.7. The third kappa shape index (κ3) is 2.39. The SMILES string of the molecule is Brc1ccc2nc(-c3ccc(-c4cnco4)cc3)sc2c1. The number of fused-ring (bicyclic) bond motifs is 1. The van der Waals surface area contributed by atoms with Gasteiger partial charge >= 0.3 is 0 Å². The molecule has 2 aromatic heterocycles. The van der Waals surface area contributed by atoms with Crippen molar-refractivity contribution in [2.45, 2.75) is 0 Å². The molecule has 2 heterocycles. The van der Waals surface area contributed by atoms with Crippen molar-refractivity contribution >= 4 is 37.5 Å². The molecule has 4 rings (SSSR count). The number of halogens is 1. The Morgan fingerprint density at radius 2 is 1.81 bits per heavy atom. The molecule has 4 aromatic rings. The normalized spacial score (nSPS) is 11.1. The molecule has 0 radical (unpaired) electrons. The van der Waals surface area contributed by atoms with Gasteiger partial charge in [0.2, 0.25) is 0 Å². The van der Waals surface area contributed by atoms with E-state index in [0.29, 0.717) is 0 Å². The Morgan fingerprint density at radius 3 is 2.57 bits per heavy atom. The summed E-state index contributed by atoms with van der Waals surface area (Å²) < 4.78 is 7.55. The van der Waals surface area contributed by atoms with Gasteiger partial charge in [-0.1, -0.05) is 40.2 Å². The zero-order valence-corrected chi connectivity index (χ0v) is 13.2. The van der Waals surface area contributed by atoms with Gasteiger partial charge in [0.05, 0.1) is 16.4 Å². The van der Waals surface area contributed by atoms with Crippen LogP contribution in [0.1, 0.15) is 0 Å². The molecular weight excluding hydrogens is 348 g/mol. The van der Waals surface area contributed by atoms with Gasteiger partial charge < -0.3 is 4.42 Å². The lowest BCUT2D eigenvalue weighted by Gasteiger charge is -1.98. The molecule has 0 amide bonds. The van der Waals surface area contributed by atoms with Crippen LogP contribution in [-0.4, -0.2) is 9.97 Å². The van der Waals surface area contributed by atoms with Crippen LogP contribution in [0.2, 0.25) is 0 Å². The fourth-order valence-electron chi connectivity index (χ4n) is 2.16. The highest BCUT2D eigenvalue weighted by atomic mass is 79.9. The first-order valence-corrected chi connectivity index (χ1v) is 7.96. The van der Waals surface area contributed by atoms with Crippen LogP contribution in [0.4, 0.5) is 0 Å². The summed E-state index contributed by atoms with van der Waals surface area (Å²) in [6, 6.07) is 14.3. The van der Waals surface area contributed by atoms with Crippen molar-refractivity contribution in [3.8, 4) is 21.9 Å². The van der Waals surface area contributed by atoms with E-state index in [1.165, 1.54) is 11.1 Å². The van der Waals surface area contributed by atoms with Crippen molar-refractivity contribution in [2.75, 3.05) is 0 Å². The van der Waals surface area contributed by atoms with Gasteiger partial charge in [-0.3, -0.25) is 0 Å². The van der Waals surface area contributed by atoms with E-state index in [9.17, 15) is 0 Å². The van der Waals surface area contributed by atoms with Gasteiger partial charge in [-0.25, -0.2) is 9.97 Å². The number of hydrogen-bond donors (Lipinski definition) is 0. The average molecular weight is 357 g/mol. The molecule has 0 aliphatic carbocycles. The summed E-state index contributed by atoms with van der Waals surface area (Å²) in [7, 11) is 0. The third-order valence-corrected chi connectivity index (χ3v) is 4.76. The van der Waals surface area contributed by atoms with Gasteiger partial charge in [0.1, 0.15) is 5.01 Å². The number of oxazole rings is 1. The minimum Gasteiger partial charge on any atom is -0.444 e. The molecule has 0 bridgehead atoms. The van der Waals surface area contributed by atoms with Crippen molar-refractivity contribution in [3.05, 3.63) is 59.5 Å². The Bertz CT molecular complexity index is 898. The molecule has 0 aliphatic heterocycles. The highest BCUT2D eigenvalue weighted by Crippen LogP contribution is 2.32. The maximum Gasteiger partial charge on any atom is 0.181 e. The molecule has 0 fully saturated rings. The van der Waals surface area contributed by atoms with Crippen LogP contribution in [0.25, 0.3) is 32.1 Å². The van der Waals surface area contributed by atoms with E-state index in [1.807, 2.05) is 24.3 Å². The lowest BCUT2D eigenvalue weighted by atomic mass is 10.1. The summed E-state index contributed by atoms with van der Waals surface area (Å²) >= 11 is 5.18. The summed E-state index contributed by atoms with van der Waals surface area (Å²) in [5.74, 6) is 0.773. The van der Waals surface area contributed by atoms with Crippen LogP contribution in [0, 0.1) is 0 Å². The van der Waals surface area contributed by atoms with Gasteiger partial charge in [-0.2, -0.15) is 0 Å². The first-order chi connectivity index (χ1) is 10.3. The molecule has 0 aliphatic rings. The summed E-state index contributed by atoms with van der Waals surface area (Å²) in [5.41, 5.74) is 3.15. The third-order valence-electron chi connectivity index (χ3n) is 3.20. The molecule has 0 saturated carbocycles. The molecule has 2 aromatic carbocycles. The minimum absolute atomic E-state index is 0.773. The molecule has 102 valence electrons. The molecule has 0 unspecified atom stereocenters. The van der Waals surface area contributed by atoms with Crippen molar-refractivity contribution < 1.29 is 4.42 Å². The molecule has 3 nitrogen and oxygen atoms in total. The molecule has 0 spiro atoms. The van der Waals surface area contributed by atoms with E-state index in [4.69, 9.17) is 4.42 Å². The van der Waals surface area contributed by atoms with Crippen molar-refractivity contribution in [3.63, 3.8) is 0 Å². The number of nitrogens with zero attached hydrogens (tertiary/aromatic N) is 2. The number of benzene rings is 2. The molecule has 0 atom stereocenters. The van der Waals surface area contributed by atoms with E-state index in [1.54, 1.807) is 17.5 Å². The lowest BCUT2D eigenvalue weighted by Crippen LogP contribution is -1.77. The monoisotopic (exact) mass is 356 g/mol. The molecule has 21 heavy (non-hydrogen) atoms. The fourth-order valence-corrected chi connectivity index (χ4v) is 3.68. The second-order valence-corrected chi connectivity index (χ2v) is 6.52. The maximum absolute atomic E-state index is 5.30. The van der Waals surface area contributed by atoms with E-state index >= 15 is 0 Å². The van der Waals surface area contributed by atoms with E-state index in [2.05, 4.69) is 44.1 Å². The molecule has 0 saturated heterocycles. The first-order valence-electron chi connectivity index (χ1n) is 6.35. The summed E-state index contributed by atoms with van der Waals surface area (Å²) in [5, 5.41) is 1.02. The quantitative estimate of drug-likeness (QED) is 0.483. The predicted octanol–water partition coefficient (Wildman–Crippen LogP) is 5.38.